The Kier molecular flexibility index (Phi) is 3.19. The van der Waals surface area contributed by atoms with Crippen LogP contribution < -0.4 is 11.1 Å². The van der Waals surface area contributed by atoms with Gasteiger partial charge in [0.2, 0.25) is 5.91 Å². The van der Waals surface area contributed by atoms with Crippen LogP contribution in [0.3, 0.4) is 0 Å². The van der Waals surface area contributed by atoms with E-state index in [0.717, 1.165) is 0 Å². The molecule has 17 heavy (non-hydrogen) atoms. The lowest BCUT2D eigenvalue weighted by molar-refractivity contribution is -0.123. The first kappa shape index (κ1) is 11.7. The number of carbonyl (C=O) groups is 2. The van der Waals surface area contributed by atoms with E-state index in [1.807, 2.05) is 0 Å². The molecule has 1 aliphatic heterocycles. The van der Waals surface area contributed by atoms with Crippen LogP contribution in [0.4, 0.5) is 5.69 Å². The quantitative estimate of drug-likeness (QED) is 0.716. The molecule has 1 fully saturated rings. The number of anilines is 1. The Morgan fingerprint density at radius 1 is 1.47 bits per heavy atom. The monoisotopic (exact) mass is 253 g/mol. The summed E-state index contributed by atoms with van der Waals surface area (Å²) in [6.45, 7) is 1.01. The predicted octanol–water partition coefficient (Wildman–Crippen LogP) is 0.494. The van der Waals surface area contributed by atoms with Gasteiger partial charge in [-0.3, -0.25) is 9.59 Å². The summed E-state index contributed by atoms with van der Waals surface area (Å²) in [4.78, 5) is 24.8. The molecule has 90 valence electrons. The zero-order chi connectivity index (χ0) is 12.4. The maximum absolute atomic E-state index is 12.1. The maximum Gasteiger partial charge on any atom is 0.256 e. The number of amides is 2. The van der Waals surface area contributed by atoms with Crippen LogP contribution in [-0.2, 0) is 4.79 Å². The lowest BCUT2D eigenvalue weighted by Crippen LogP contribution is -2.50. The number of hydrogen-bond acceptors (Lipinski definition) is 3. The van der Waals surface area contributed by atoms with E-state index in [0.29, 0.717) is 23.7 Å². The van der Waals surface area contributed by atoms with Crippen molar-refractivity contribution in [3.63, 3.8) is 0 Å². The standard InChI is InChI=1S/C11H12ClN3O2/c12-8-3-1-2-7(10(8)13)11(17)15-5-4-14-9(16)6-15/h1-3H,4-6,13H2,(H,14,16). The molecule has 0 aliphatic carbocycles. The van der Waals surface area contributed by atoms with Gasteiger partial charge in [-0.15, -0.1) is 0 Å². The molecule has 1 saturated heterocycles. The van der Waals surface area contributed by atoms with Gasteiger partial charge in [0, 0.05) is 13.1 Å². The van der Waals surface area contributed by atoms with Crippen LogP contribution >= 0.6 is 11.6 Å². The molecule has 1 aromatic rings. The van der Waals surface area contributed by atoms with E-state index in [9.17, 15) is 9.59 Å². The van der Waals surface area contributed by atoms with Gasteiger partial charge in [0.05, 0.1) is 22.8 Å². The fourth-order valence-electron chi connectivity index (χ4n) is 1.71. The van der Waals surface area contributed by atoms with Crippen LogP contribution in [0.5, 0.6) is 0 Å². The number of benzene rings is 1. The van der Waals surface area contributed by atoms with Gasteiger partial charge in [0.25, 0.3) is 5.91 Å². The highest BCUT2D eigenvalue weighted by molar-refractivity contribution is 6.33. The molecule has 0 saturated carbocycles. The van der Waals surface area contributed by atoms with Crippen molar-refractivity contribution < 1.29 is 9.59 Å². The van der Waals surface area contributed by atoms with Crippen LogP contribution in [0.2, 0.25) is 5.02 Å². The van der Waals surface area contributed by atoms with Crippen LogP contribution in [0.15, 0.2) is 18.2 Å². The second kappa shape index (κ2) is 4.63. The van der Waals surface area contributed by atoms with E-state index < -0.39 is 0 Å². The molecule has 1 heterocycles. The molecule has 1 aliphatic rings. The fraction of sp³-hybridized carbons (Fsp3) is 0.273. The highest BCUT2D eigenvalue weighted by Crippen LogP contribution is 2.23. The Hall–Kier alpha value is -1.75. The number of nitrogens with one attached hydrogen (secondary N) is 1. The topological polar surface area (TPSA) is 75.4 Å². The number of para-hydroxylation sites is 1. The van der Waals surface area contributed by atoms with Gasteiger partial charge < -0.3 is 16.0 Å². The molecule has 0 spiro atoms. The van der Waals surface area contributed by atoms with Crippen molar-refractivity contribution in [2.45, 2.75) is 0 Å². The van der Waals surface area contributed by atoms with Crippen molar-refractivity contribution in [1.29, 1.82) is 0 Å². The lowest BCUT2D eigenvalue weighted by atomic mass is 10.1. The zero-order valence-corrected chi connectivity index (χ0v) is 9.83. The highest BCUT2D eigenvalue weighted by Gasteiger charge is 2.23. The number of nitrogens with zero attached hydrogens (tertiary/aromatic N) is 1. The third-order valence-electron chi connectivity index (χ3n) is 2.61. The van der Waals surface area contributed by atoms with Gasteiger partial charge in [0.1, 0.15) is 0 Å². The minimum atomic E-state index is -0.264. The van der Waals surface area contributed by atoms with Crippen LogP contribution in [0, 0.1) is 0 Å². The summed E-state index contributed by atoms with van der Waals surface area (Å²) in [6.07, 6.45) is 0. The smallest absolute Gasteiger partial charge is 0.256 e. The van der Waals surface area contributed by atoms with Gasteiger partial charge in [-0.2, -0.15) is 0 Å². The molecule has 3 N–H and O–H groups in total. The van der Waals surface area contributed by atoms with Gasteiger partial charge in [-0.25, -0.2) is 0 Å². The molecule has 0 atom stereocenters. The Morgan fingerprint density at radius 3 is 2.94 bits per heavy atom. The van der Waals surface area contributed by atoms with Gasteiger partial charge in [-0.05, 0) is 12.1 Å². The first-order valence-corrected chi connectivity index (χ1v) is 5.57. The molecule has 1 aromatic carbocycles. The minimum absolute atomic E-state index is 0.0603. The molecule has 2 amide bonds. The van der Waals surface area contributed by atoms with Crippen molar-refractivity contribution >= 4 is 29.1 Å². The van der Waals surface area contributed by atoms with E-state index in [-0.39, 0.29) is 24.0 Å². The van der Waals surface area contributed by atoms with Crippen molar-refractivity contribution in [3.05, 3.63) is 28.8 Å². The average molecular weight is 254 g/mol. The summed E-state index contributed by atoms with van der Waals surface area (Å²) in [5.41, 5.74) is 6.34. The summed E-state index contributed by atoms with van der Waals surface area (Å²) >= 11 is 5.85. The van der Waals surface area contributed by atoms with E-state index in [1.165, 1.54) is 4.90 Å². The third-order valence-corrected chi connectivity index (χ3v) is 2.94. The largest absolute Gasteiger partial charge is 0.397 e. The normalized spacial score (nSPS) is 15.6. The highest BCUT2D eigenvalue weighted by atomic mass is 35.5. The third kappa shape index (κ3) is 2.34. The van der Waals surface area contributed by atoms with Crippen LogP contribution in [0.1, 0.15) is 10.4 Å². The number of carbonyl (C=O) groups excluding carboxylic acids is 2. The predicted molar refractivity (Wildman–Crippen MR) is 64.8 cm³/mol. The van der Waals surface area contributed by atoms with Crippen molar-refractivity contribution in [1.82, 2.24) is 10.2 Å². The SMILES string of the molecule is Nc1c(Cl)cccc1C(=O)N1CCNC(=O)C1. The molecule has 6 heteroatoms. The summed E-state index contributed by atoms with van der Waals surface area (Å²) in [5, 5.41) is 3.00. The molecular weight excluding hydrogens is 242 g/mol. The number of rotatable bonds is 1. The number of nitrogen functional groups attached to an aromatic ring is 1. The van der Waals surface area contributed by atoms with Gasteiger partial charge >= 0.3 is 0 Å². The van der Waals surface area contributed by atoms with Crippen LogP contribution in [0.25, 0.3) is 0 Å². The van der Waals surface area contributed by atoms with Crippen molar-refractivity contribution in [2.24, 2.45) is 0 Å². The fourth-order valence-corrected chi connectivity index (χ4v) is 1.88. The van der Waals surface area contributed by atoms with Crippen LogP contribution in [-0.4, -0.2) is 36.3 Å². The molecule has 0 radical (unpaired) electrons. The number of piperazine rings is 1. The summed E-state index contributed by atoms with van der Waals surface area (Å²) in [6, 6.07) is 4.89. The van der Waals surface area contributed by atoms with E-state index >= 15 is 0 Å². The Labute approximate surface area is 104 Å². The number of nitrogens with two attached hydrogens (primary N) is 1. The molecule has 5 nitrogen and oxygen atoms in total. The summed E-state index contributed by atoms with van der Waals surface area (Å²) < 4.78 is 0. The maximum atomic E-state index is 12.1. The minimum Gasteiger partial charge on any atom is -0.397 e. The molecule has 0 unspecified atom stereocenters. The summed E-state index contributed by atoms with van der Waals surface area (Å²) in [5.74, 6) is -0.426. The Morgan fingerprint density at radius 2 is 2.24 bits per heavy atom. The van der Waals surface area contributed by atoms with E-state index in [2.05, 4.69) is 5.32 Å². The molecule has 2 rings (SSSR count). The lowest BCUT2D eigenvalue weighted by Gasteiger charge is -2.27. The van der Waals surface area contributed by atoms with Crippen molar-refractivity contribution in [3.8, 4) is 0 Å². The average Bonchev–Trinajstić information content (AvgIpc) is 2.32. The van der Waals surface area contributed by atoms with Gasteiger partial charge in [-0.1, -0.05) is 17.7 Å². The van der Waals surface area contributed by atoms with E-state index in [4.69, 9.17) is 17.3 Å². The summed E-state index contributed by atoms with van der Waals surface area (Å²) in [7, 11) is 0. The number of halogens is 1. The second-order valence-electron chi connectivity index (χ2n) is 3.78. The second-order valence-corrected chi connectivity index (χ2v) is 4.18. The first-order valence-electron chi connectivity index (χ1n) is 5.19. The molecule has 0 aromatic heterocycles. The Balaban J connectivity index is 2.24. The molecular formula is C11H12ClN3O2. The van der Waals surface area contributed by atoms with Crippen molar-refractivity contribution in [2.75, 3.05) is 25.4 Å². The Bertz CT molecular complexity index is 476. The zero-order valence-electron chi connectivity index (χ0n) is 9.07. The van der Waals surface area contributed by atoms with E-state index in [1.54, 1.807) is 18.2 Å². The number of hydrogen-bond donors (Lipinski definition) is 2. The first-order chi connectivity index (χ1) is 8.09. The molecule has 0 bridgehead atoms. The van der Waals surface area contributed by atoms with Gasteiger partial charge in [0.15, 0.2) is 0 Å².